The maximum Gasteiger partial charge on any atom is 0.228 e. The van der Waals surface area contributed by atoms with Crippen LogP contribution in [-0.4, -0.2) is 38.7 Å². The molecule has 7 heteroatoms. The van der Waals surface area contributed by atoms with Crippen LogP contribution in [0.4, 0.5) is 5.69 Å². The zero-order valence-electron chi connectivity index (χ0n) is 17.6. The highest BCUT2D eigenvalue weighted by Crippen LogP contribution is 2.30. The van der Waals surface area contributed by atoms with Gasteiger partial charge in [-0.1, -0.05) is 18.2 Å². The molecule has 2 atom stereocenters. The molecule has 2 aromatic rings. The Labute approximate surface area is 176 Å². The molecule has 0 bridgehead atoms. The number of rotatable bonds is 7. The summed E-state index contributed by atoms with van der Waals surface area (Å²) in [5.41, 5.74) is 2.52. The summed E-state index contributed by atoms with van der Waals surface area (Å²) in [5, 5.41) is 5.91. The SMILES string of the molecule is COc1ccc(CC(=O)Nc2cccc([C@H]3C[C@@H](NC(C)=O)CCO3)c2)cc1OC. The monoisotopic (exact) mass is 412 g/mol. The molecule has 1 aliphatic heterocycles. The Hall–Kier alpha value is -3.06. The predicted molar refractivity (Wildman–Crippen MR) is 114 cm³/mol. The van der Waals surface area contributed by atoms with Crippen LogP contribution in [0.2, 0.25) is 0 Å². The summed E-state index contributed by atoms with van der Waals surface area (Å²) in [6, 6.07) is 13.2. The van der Waals surface area contributed by atoms with Crippen LogP contribution in [0.5, 0.6) is 11.5 Å². The van der Waals surface area contributed by atoms with Gasteiger partial charge in [0.15, 0.2) is 11.5 Å². The number of hydrogen-bond acceptors (Lipinski definition) is 5. The van der Waals surface area contributed by atoms with Crippen LogP contribution in [0.25, 0.3) is 0 Å². The van der Waals surface area contributed by atoms with E-state index in [0.29, 0.717) is 30.2 Å². The number of methoxy groups -OCH3 is 2. The van der Waals surface area contributed by atoms with Crippen molar-refractivity contribution in [1.82, 2.24) is 5.32 Å². The molecular formula is C23H28N2O5. The zero-order valence-corrected chi connectivity index (χ0v) is 17.6. The Kier molecular flexibility index (Phi) is 7.30. The lowest BCUT2D eigenvalue weighted by atomic mass is 9.97. The molecule has 2 amide bonds. The standard InChI is InChI=1S/C23H28N2O5/c1-15(26)24-19-9-10-30-21(14-19)17-5-4-6-18(13-17)25-23(27)12-16-7-8-20(28-2)22(11-16)29-3/h4-8,11,13,19,21H,9-10,12,14H2,1-3H3,(H,24,26)(H,25,27)/t19-,21+/m0/s1. The lowest BCUT2D eigenvalue weighted by molar-refractivity contribution is -0.120. The summed E-state index contributed by atoms with van der Waals surface area (Å²) >= 11 is 0. The molecular weight excluding hydrogens is 384 g/mol. The topological polar surface area (TPSA) is 85.9 Å². The van der Waals surface area contributed by atoms with Gasteiger partial charge >= 0.3 is 0 Å². The van der Waals surface area contributed by atoms with E-state index in [4.69, 9.17) is 14.2 Å². The fraction of sp³-hybridized carbons (Fsp3) is 0.391. The normalized spacial score (nSPS) is 18.4. The smallest absolute Gasteiger partial charge is 0.228 e. The Morgan fingerprint density at radius 1 is 1.10 bits per heavy atom. The number of hydrogen-bond donors (Lipinski definition) is 2. The second-order valence-corrected chi connectivity index (χ2v) is 7.32. The van der Waals surface area contributed by atoms with Gasteiger partial charge in [0.1, 0.15) is 0 Å². The van der Waals surface area contributed by atoms with E-state index in [1.54, 1.807) is 26.4 Å². The van der Waals surface area contributed by atoms with Crippen LogP contribution in [0.3, 0.4) is 0 Å². The second kappa shape index (κ2) is 10.1. The fourth-order valence-corrected chi connectivity index (χ4v) is 3.65. The van der Waals surface area contributed by atoms with Crippen molar-refractivity contribution in [3.05, 3.63) is 53.6 Å². The first kappa shape index (κ1) is 21.6. The minimum atomic E-state index is -0.125. The number of amides is 2. The minimum absolute atomic E-state index is 0.0307. The van der Waals surface area contributed by atoms with Gasteiger partial charge in [-0.15, -0.1) is 0 Å². The first-order valence-electron chi connectivity index (χ1n) is 9.98. The van der Waals surface area contributed by atoms with Gasteiger partial charge in [-0.3, -0.25) is 9.59 Å². The highest BCUT2D eigenvalue weighted by Gasteiger charge is 2.24. The van der Waals surface area contributed by atoms with Crippen molar-refractivity contribution in [2.24, 2.45) is 0 Å². The lowest BCUT2D eigenvalue weighted by Gasteiger charge is -2.30. The molecule has 0 aromatic heterocycles. The summed E-state index contributed by atoms with van der Waals surface area (Å²) in [6.07, 6.45) is 1.62. The molecule has 3 rings (SSSR count). The average Bonchev–Trinajstić information content (AvgIpc) is 2.73. The molecule has 0 saturated carbocycles. The Morgan fingerprint density at radius 2 is 1.90 bits per heavy atom. The number of carbonyl (C=O) groups excluding carboxylic acids is 2. The van der Waals surface area contributed by atoms with Crippen molar-refractivity contribution >= 4 is 17.5 Å². The Balaban J connectivity index is 1.63. The molecule has 7 nitrogen and oxygen atoms in total. The molecule has 0 spiro atoms. The van der Waals surface area contributed by atoms with Crippen molar-refractivity contribution in [2.75, 3.05) is 26.1 Å². The van der Waals surface area contributed by atoms with Crippen LogP contribution < -0.4 is 20.1 Å². The minimum Gasteiger partial charge on any atom is -0.493 e. The van der Waals surface area contributed by atoms with E-state index >= 15 is 0 Å². The first-order valence-corrected chi connectivity index (χ1v) is 9.98. The van der Waals surface area contributed by atoms with Crippen LogP contribution in [-0.2, 0) is 20.7 Å². The van der Waals surface area contributed by atoms with Gasteiger partial charge in [-0.2, -0.15) is 0 Å². The highest BCUT2D eigenvalue weighted by atomic mass is 16.5. The number of nitrogens with one attached hydrogen (secondary N) is 2. The van der Waals surface area contributed by atoms with Gasteiger partial charge in [0.2, 0.25) is 11.8 Å². The van der Waals surface area contributed by atoms with E-state index < -0.39 is 0 Å². The summed E-state index contributed by atoms with van der Waals surface area (Å²) in [7, 11) is 3.14. The summed E-state index contributed by atoms with van der Waals surface area (Å²) in [5.74, 6) is 1.06. The van der Waals surface area contributed by atoms with Crippen molar-refractivity contribution in [1.29, 1.82) is 0 Å². The molecule has 160 valence electrons. The predicted octanol–water partition coefficient (Wildman–Crippen LogP) is 3.24. The Morgan fingerprint density at radius 3 is 2.63 bits per heavy atom. The van der Waals surface area contributed by atoms with Gasteiger partial charge in [-0.05, 0) is 48.2 Å². The van der Waals surface area contributed by atoms with Crippen molar-refractivity contribution in [3.8, 4) is 11.5 Å². The Bertz CT molecular complexity index is 899. The lowest BCUT2D eigenvalue weighted by Crippen LogP contribution is -2.38. The third kappa shape index (κ3) is 5.73. The summed E-state index contributed by atoms with van der Waals surface area (Å²) in [6.45, 7) is 2.12. The van der Waals surface area contributed by atoms with E-state index in [9.17, 15) is 9.59 Å². The maximum absolute atomic E-state index is 12.5. The van der Waals surface area contributed by atoms with E-state index in [1.807, 2.05) is 30.3 Å². The van der Waals surface area contributed by atoms with Crippen LogP contribution in [0.1, 0.15) is 37.0 Å². The van der Waals surface area contributed by atoms with Gasteiger partial charge in [0.25, 0.3) is 0 Å². The van der Waals surface area contributed by atoms with Crippen LogP contribution >= 0.6 is 0 Å². The van der Waals surface area contributed by atoms with E-state index in [1.165, 1.54) is 6.92 Å². The van der Waals surface area contributed by atoms with Gasteiger partial charge in [0, 0.05) is 25.3 Å². The molecule has 0 aliphatic carbocycles. The number of carbonyl (C=O) groups is 2. The zero-order chi connectivity index (χ0) is 21.5. The van der Waals surface area contributed by atoms with Crippen molar-refractivity contribution < 1.29 is 23.8 Å². The van der Waals surface area contributed by atoms with Crippen molar-refractivity contribution in [3.63, 3.8) is 0 Å². The van der Waals surface area contributed by atoms with Crippen molar-refractivity contribution in [2.45, 2.75) is 38.3 Å². The van der Waals surface area contributed by atoms with E-state index in [-0.39, 0.29) is 30.4 Å². The molecule has 1 aliphatic rings. The van der Waals surface area contributed by atoms with E-state index in [2.05, 4.69) is 10.6 Å². The van der Waals surface area contributed by atoms with E-state index in [0.717, 1.165) is 17.5 Å². The summed E-state index contributed by atoms with van der Waals surface area (Å²) in [4.78, 5) is 23.9. The average molecular weight is 412 g/mol. The van der Waals surface area contributed by atoms with Crippen LogP contribution in [0.15, 0.2) is 42.5 Å². The molecule has 1 fully saturated rings. The maximum atomic E-state index is 12.5. The number of ether oxygens (including phenoxy) is 3. The quantitative estimate of drug-likeness (QED) is 0.729. The van der Waals surface area contributed by atoms with Crippen LogP contribution in [0, 0.1) is 0 Å². The molecule has 2 N–H and O–H groups in total. The third-order valence-corrected chi connectivity index (χ3v) is 5.05. The number of anilines is 1. The third-order valence-electron chi connectivity index (χ3n) is 5.05. The molecule has 0 unspecified atom stereocenters. The molecule has 1 saturated heterocycles. The fourth-order valence-electron chi connectivity index (χ4n) is 3.65. The first-order chi connectivity index (χ1) is 14.5. The van der Waals surface area contributed by atoms with Gasteiger partial charge in [0.05, 0.1) is 26.7 Å². The highest BCUT2D eigenvalue weighted by molar-refractivity contribution is 5.92. The summed E-state index contributed by atoms with van der Waals surface area (Å²) < 4.78 is 16.4. The molecule has 1 heterocycles. The molecule has 2 aromatic carbocycles. The second-order valence-electron chi connectivity index (χ2n) is 7.32. The largest absolute Gasteiger partial charge is 0.493 e. The molecule has 0 radical (unpaired) electrons. The number of benzene rings is 2. The molecule has 30 heavy (non-hydrogen) atoms. The van der Waals surface area contributed by atoms with Gasteiger partial charge < -0.3 is 24.8 Å². The van der Waals surface area contributed by atoms with Gasteiger partial charge in [-0.25, -0.2) is 0 Å².